The monoisotopic (exact) mass is 460 g/mol. The molecular weight excluding hydrogens is 432 g/mol. The fourth-order valence-corrected chi connectivity index (χ4v) is 4.32. The van der Waals surface area contributed by atoms with Crippen LogP contribution in [0.2, 0.25) is 0 Å². The number of hydrogen-bond donors (Lipinski definition) is 1. The van der Waals surface area contributed by atoms with Crippen molar-refractivity contribution >= 4 is 17.3 Å². The van der Waals surface area contributed by atoms with E-state index in [1.807, 2.05) is 37.3 Å². The maximum atomic E-state index is 12.7. The Bertz CT molecular complexity index is 1260. The number of carbonyl (C=O) groups is 1. The third kappa shape index (κ3) is 4.76. The second-order valence-electron chi connectivity index (χ2n) is 8.67. The van der Waals surface area contributed by atoms with Gasteiger partial charge in [-0.15, -0.1) is 0 Å². The summed E-state index contributed by atoms with van der Waals surface area (Å²) in [5, 5.41) is 7.34. The molecule has 8 heteroatoms. The summed E-state index contributed by atoms with van der Waals surface area (Å²) in [5.41, 5.74) is 3.92. The Morgan fingerprint density at radius 3 is 2.56 bits per heavy atom. The Morgan fingerprint density at radius 1 is 0.971 bits per heavy atom. The zero-order valence-corrected chi connectivity index (χ0v) is 19.3. The lowest BCUT2D eigenvalue weighted by molar-refractivity contribution is -0.117. The molecule has 0 saturated carbocycles. The fourth-order valence-electron chi connectivity index (χ4n) is 4.32. The molecule has 3 heterocycles. The van der Waals surface area contributed by atoms with Crippen LogP contribution in [0.25, 0.3) is 11.3 Å². The number of carbonyl (C=O) groups excluding carboxylic acids is 1. The summed E-state index contributed by atoms with van der Waals surface area (Å²) >= 11 is 0. The summed E-state index contributed by atoms with van der Waals surface area (Å²) in [6.45, 7) is 5.14. The number of benzene rings is 2. The minimum Gasteiger partial charge on any atom is -0.490 e. The van der Waals surface area contributed by atoms with Crippen LogP contribution in [-0.2, 0) is 11.3 Å². The first-order valence-electron chi connectivity index (χ1n) is 11.7. The molecule has 1 amide bonds. The van der Waals surface area contributed by atoms with Gasteiger partial charge in [-0.25, -0.2) is 4.68 Å². The van der Waals surface area contributed by atoms with Gasteiger partial charge >= 0.3 is 0 Å². The normalized spacial score (nSPS) is 15.1. The molecule has 176 valence electrons. The highest BCUT2D eigenvalue weighted by atomic mass is 16.5. The van der Waals surface area contributed by atoms with Gasteiger partial charge in [0.25, 0.3) is 5.56 Å². The van der Waals surface area contributed by atoms with E-state index in [0.717, 1.165) is 36.3 Å². The summed E-state index contributed by atoms with van der Waals surface area (Å²) in [7, 11) is 0. The Hall–Kier alpha value is -3.81. The molecule has 3 aromatic rings. The zero-order chi connectivity index (χ0) is 23.5. The van der Waals surface area contributed by atoms with E-state index in [1.165, 1.54) is 29.3 Å². The quantitative estimate of drug-likeness (QED) is 0.626. The topological polar surface area (TPSA) is 85.7 Å². The molecule has 5 rings (SSSR count). The highest BCUT2D eigenvalue weighted by Crippen LogP contribution is 2.33. The van der Waals surface area contributed by atoms with Gasteiger partial charge in [0.1, 0.15) is 6.54 Å². The molecule has 2 aliphatic heterocycles. The SMILES string of the molecule is Cc1cc(N2CCCC2)ccc1NC(=O)Cn1nc(-c2ccc3c(c2)OCCCO3)ccc1=O. The molecule has 1 saturated heterocycles. The first-order valence-corrected chi connectivity index (χ1v) is 11.7. The van der Waals surface area contributed by atoms with Crippen molar-refractivity contribution in [1.82, 2.24) is 9.78 Å². The number of nitrogens with one attached hydrogen (secondary N) is 1. The van der Waals surface area contributed by atoms with Crippen molar-refractivity contribution < 1.29 is 14.3 Å². The molecule has 0 radical (unpaired) electrons. The highest BCUT2D eigenvalue weighted by Gasteiger charge is 2.16. The molecule has 0 bridgehead atoms. The Balaban J connectivity index is 1.31. The van der Waals surface area contributed by atoms with Crippen LogP contribution in [0.5, 0.6) is 11.5 Å². The Morgan fingerprint density at radius 2 is 1.76 bits per heavy atom. The summed E-state index contributed by atoms with van der Waals surface area (Å²) in [6.07, 6.45) is 3.25. The van der Waals surface area contributed by atoms with Gasteiger partial charge in [0.2, 0.25) is 5.91 Å². The third-order valence-corrected chi connectivity index (χ3v) is 6.16. The summed E-state index contributed by atoms with van der Waals surface area (Å²) < 4.78 is 12.6. The predicted octanol–water partition coefficient (Wildman–Crippen LogP) is 3.62. The molecule has 2 aromatic carbocycles. The van der Waals surface area contributed by atoms with E-state index < -0.39 is 0 Å². The molecule has 2 aliphatic rings. The van der Waals surface area contributed by atoms with Crippen LogP contribution in [0.15, 0.2) is 53.3 Å². The molecular formula is C26H28N4O4. The van der Waals surface area contributed by atoms with Crippen LogP contribution in [-0.4, -0.2) is 42.0 Å². The van der Waals surface area contributed by atoms with Crippen LogP contribution < -0.4 is 25.2 Å². The second-order valence-corrected chi connectivity index (χ2v) is 8.67. The average molecular weight is 461 g/mol. The van der Waals surface area contributed by atoms with Crippen molar-refractivity contribution in [3.05, 3.63) is 64.4 Å². The van der Waals surface area contributed by atoms with E-state index >= 15 is 0 Å². The highest BCUT2D eigenvalue weighted by molar-refractivity contribution is 5.91. The van der Waals surface area contributed by atoms with Crippen molar-refractivity contribution in [2.75, 3.05) is 36.5 Å². The fraction of sp³-hybridized carbons (Fsp3) is 0.346. The first kappa shape index (κ1) is 22.0. The van der Waals surface area contributed by atoms with E-state index in [4.69, 9.17) is 9.47 Å². The maximum Gasteiger partial charge on any atom is 0.267 e. The third-order valence-electron chi connectivity index (χ3n) is 6.16. The molecule has 0 atom stereocenters. The molecule has 1 fully saturated rings. The molecule has 34 heavy (non-hydrogen) atoms. The van der Waals surface area contributed by atoms with Gasteiger partial charge in [-0.1, -0.05) is 0 Å². The number of ether oxygens (including phenoxy) is 2. The number of aromatic nitrogens is 2. The predicted molar refractivity (Wildman–Crippen MR) is 131 cm³/mol. The van der Waals surface area contributed by atoms with Gasteiger partial charge in [0.05, 0.1) is 18.9 Å². The standard InChI is InChI=1S/C26H28N4O4/c1-18-15-20(29-11-2-3-12-29)6-7-21(18)27-25(31)17-30-26(32)10-8-22(28-30)19-5-9-23-24(16-19)34-14-4-13-33-23/h5-10,15-16H,2-4,11-14,17H2,1H3,(H,27,31). The van der Waals surface area contributed by atoms with Crippen LogP contribution in [0.1, 0.15) is 24.8 Å². The molecule has 1 N–H and O–H groups in total. The van der Waals surface area contributed by atoms with Crippen LogP contribution in [0, 0.1) is 6.92 Å². The number of hydrogen-bond acceptors (Lipinski definition) is 6. The van der Waals surface area contributed by atoms with Gasteiger partial charge in [-0.05, 0) is 67.8 Å². The molecule has 0 aliphatic carbocycles. The van der Waals surface area contributed by atoms with Crippen molar-refractivity contribution in [3.63, 3.8) is 0 Å². The van der Waals surface area contributed by atoms with Gasteiger partial charge in [-0.2, -0.15) is 5.10 Å². The van der Waals surface area contributed by atoms with Gasteiger partial charge < -0.3 is 19.7 Å². The Labute approximate surface area is 198 Å². The number of nitrogens with zero attached hydrogens (tertiary/aromatic N) is 3. The van der Waals surface area contributed by atoms with E-state index in [9.17, 15) is 9.59 Å². The number of fused-ring (bicyclic) bond motifs is 1. The molecule has 0 unspecified atom stereocenters. The van der Waals surface area contributed by atoms with Crippen molar-refractivity contribution in [2.45, 2.75) is 32.7 Å². The minimum atomic E-state index is -0.339. The van der Waals surface area contributed by atoms with Gasteiger partial charge in [0.15, 0.2) is 11.5 Å². The van der Waals surface area contributed by atoms with Crippen molar-refractivity contribution in [2.24, 2.45) is 0 Å². The van der Waals surface area contributed by atoms with Crippen LogP contribution in [0.4, 0.5) is 11.4 Å². The van der Waals surface area contributed by atoms with E-state index in [0.29, 0.717) is 30.4 Å². The smallest absolute Gasteiger partial charge is 0.267 e. The number of rotatable bonds is 5. The number of anilines is 2. The lowest BCUT2D eigenvalue weighted by Gasteiger charge is -2.19. The summed E-state index contributed by atoms with van der Waals surface area (Å²) in [6, 6.07) is 14.7. The lowest BCUT2D eigenvalue weighted by atomic mass is 10.1. The van der Waals surface area contributed by atoms with Crippen LogP contribution in [0.3, 0.4) is 0 Å². The summed E-state index contributed by atoms with van der Waals surface area (Å²) in [5.74, 6) is 1.04. The average Bonchev–Trinajstić information content (AvgIpc) is 3.27. The Kier molecular flexibility index (Phi) is 6.20. The molecule has 8 nitrogen and oxygen atoms in total. The second kappa shape index (κ2) is 9.59. The number of aryl methyl sites for hydroxylation is 1. The van der Waals surface area contributed by atoms with Gasteiger partial charge in [-0.3, -0.25) is 9.59 Å². The van der Waals surface area contributed by atoms with E-state index in [1.54, 1.807) is 6.07 Å². The van der Waals surface area contributed by atoms with Gasteiger partial charge in [0, 0.05) is 42.5 Å². The van der Waals surface area contributed by atoms with E-state index in [-0.39, 0.29) is 18.0 Å². The molecule has 0 spiro atoms. The van der Waals surface area contributed by atoms with Crippen molar-refractivity contribution in [3.8, 4) is 22.8 Å². The van der Waals surface area contributed by atoms with E-state index in [2.05, 4.69) is 21.4 Å². The largest absolute Gasteiger partial charge is 0.490 e. The van der Waals surface area contributed by atoms with Crippen LogP contribution >= 0.6 is 0 Å². The maximum absolute atomic E-state index is 12.7. The summed E-state index contributed by atoms with van der Waals surface area (Å²) in [4.78, 5) is 27.5. The van der Waals surface area contributed by atoms with Crippen molar-refractivity contribution in [1.29, 1.82) is 0 Å². The molecule has 1 aromatic heterocycles. The minimum absolute atomic E-state index is 0.176. The lowest BCUT2D eigenvalue weighted by Crippen LogP contribution is -2.29. The zero-order valence-electron chi connectivity index (χ0n) is 19.3. The first-order chi connectivity index (χ1) is 16.6. The number of amides is 1.